The summed E-state index contributed by atoms with van der Waals surface area (Å²) in [6.07, 6.45) is 0. The molecule has 0 heterocycles. The first-order valence-electron chi connectivity index (χ1n) is 7.06. The fourth-order valence-electron chi connectivity index (χ4n) is 2.27. The molecule has 0 atom stereocenters. The average molecular weight is 262 g/mol. The summed E-state index contributed by atoms with van der Waals surface area (Å²) in [5.41, 5.74) is 0.974. The maximum absolute atomic E-state index is 11.8. The lowest BCUT2D eigenvalue weighted by Gasteiger charge is -2.25. The van der Waals surface area contributed by atoms with Crippen molar-refractivity contribution in [1.82, 2.24) is 5.32 Å². The van der Waals surface area contributed by atoms with Crippen molar-refractivity contribution in [2.75, 3.05) is 18.4 Å². The molecule has 1 aromatic carbocycles. The zero-order valence-corrected chi connectivity index (χ0v) is 12.4. The van der Waals surface area contributed by atoms with Gasteiger partial charge in [0.2, 0.25) is 5.91 Å². The van der Waals surface area contributed by atoms with E-state index in [4.69, 9.17) is 0 Å². The monoisotopic (exact) mass is 262 g/mol. The standard InChI is InChI=1S/C16H26N2O/c1-12(2)15(13(3)4)10-18-16(19)11-17-14-8-6-5-7-9-14/h5-9,12-13,15,17H,10-11H2,1-4H3,(H,18,19). The van der Waals surface area contributed by atoms with Crippen LogP contribution in [-0.4, -0.2) is 19.0 Å². The number of para-hydroxylation sites is 1. The first kappa shape index (κ1) is 15.5. The third kappa shape index (κ3) is 5.77. The fraction of sp³-hybridized carbons (Fsp3) is 0.562. The van der Waals surface area contributed by atoms with E-state index in [1.54, 1.807) is 0 Å². The van der Waals surface area contributed by atoms with Crippen LogP contribution in [0.2, 0.25) is 0 Å². The predicted octanol–water partition coefficient (Wildman–Crippen LogP) is 3.14. The SMILES string of the molecule is CC(C)C(CNC(=O)CNc1ccccc1)C(C)C. The molecule has 0 aliphatic carbocycles. The second kappa shape index (κ2) is 7.82. The first-order valence-corrected chi connectivity index (χ1v) is 7.06. The van der Waals surface area contributed by atoms with Crippen molar-refractivity contribution in [1.29, 1.82) is 0 Å². The Morgan fingerprint density at radius 1 is 1.05 bits per heavy atom. The van der Waals surface area contributed by atoms with Gasteiger partial charge in [-0.3, -0.25) is 4.79 Å². The van der Waals surface area contributed by atoms with Gasteiger partial charge in [-0.15, -0.1) is 0 Å². The highest BCUT2D eigenvalue weighted by atomic mass is 16.1. The van der Waals surface area contributed by atoms with Crippen molar-refractivity contribution in [2.24, 2.45) is 17.8 Å². The molecule has 1 rings (SSSR count). The number of benzene rings is 1. The van der Waals surface area contributed by atoms with Crippen LogP contribution in [0.4, 0.5) is 5.69 Å². The largest absolute Gasteiger partial charge is 0.376 e. The Morgan fingerprint density at radius 3 is 2.16 bits per heavy atom. The Morgan fingerprint density at radius 2 is 1.63 bits per heavy atom. The van der Waals surface area contributed by atoms with Gasteiger partial charge in [0.05, 0.1) is 6.54 Å². The minimum atomic E-state index is 0.0511. The van der Waals surface area contributed by atoms with Crippen LogP contribution in [0.3, 0.4) is 0 Å². The lowest BCUT2D eigenvalue weighted by molar-refractivity contribution is -0.119. The third-order valence-corrected chi connectivity index (χ3v) is 3.47. The molecule has 0 saturated carbocycles. The van der Waals surface area contributed by atoms with Crippen molar-refractivity contribution in [2.45, 2.75) is 27.7 Å². The van der Waals surface area contributed by atoms with Gasteiger partial charge < -0.3 is 10.6 Å². The maximum atomic E-state index is 11.8. The minimum Gasteiger partial charge on any atom is -0.376 e. The van der Waals surface area contributed by atoms with Crippen molar-refractivity contribution in [3.05, 3.63) is 30.3 Å². The van der Waals surface area contributed by atoms with Gasteiger partial charge in [-0.25, -0.2) is 0 Å². The highest BCUT2D eigenvalue weighted by molar-refractivity contribution is 5.80. The molecule has 3 nitrogen and oxygen atoms in total. The van der Waals surface area contributed by atoms with Gasteiger partial charge in [0.15, 0.2) is 0 Å². The highest BCUT2D eigenvalue weighted by Crippen LogP contribution is 2.19. The summed E-state index contributed by atoms with van der Waals surface area (Å²) < 4.78 is 0. The highest BCUT2D eigenvalue weighted by Gasteiger charge is 2.17. The van der Waals surface area contributed by atoms with Crippen LogP contribution in [0.5, 0.6) is 0 Å². The molecule has 0 aromatic heterocycles. The van der Waals surface area contributed by atoms with Gasteiger partial charge in [0.1, 0.15) is 0 Å². The number of anilines is 1. The first-order chi connectivity index (χ1) is 9.00. The summed E-state index contributed by atoms with van der Waals surface area (Å²) in [4.78, 5) is 11.8. The van der Waals surface area contributed by atoms with Gasteiger partial charge in [-0.05, 0) is 29.9 Å². The molecule has 2 N–H and O–H groups in total. The normalized spacial score (nSPS) is 11.1. The molecule has 0 aliphatic heterocycles. The van der Waals surface area contributed by atoms with E-state index in [0.717, 1.165) is 12.2 Å². The maximum Gasteiger partial charge on any atom is 0.239 e. The molecule has 0 saturated heterocycles. The molecule has 0 unspecified atom stereocenters. The number of amides is 1. The number of hydrogen-bond donors (Lipinski definition) is 2. The van der Waals surface area contributed by atoms with E-state index in [1.165, 1.54) is 0 Å². The quantitative estimate of drug-likeness (QED) is 0.792. The van der Waals surface area contributed by atoms with E-state index >= 15 is 0 Å². The molecule has 0 radical (unpaired) electrons. The summed E-state index contributed by atoms with van der Waals surface area (Å²) in [7, 11) is 0. The minimum absolute atomic E-state index is 0.0511. The van der Waals surface area contributed by atoms with Crippen LogP contribution in [0.1, 0.15) is 27.7 Å². The second-order valence-corrected chi connectivity index (χ2v) is 5.68. The molecule has 19 heavy (non-hydrogen) atoms. The van der Waals surface area contributed by atoms with Crippen LogP contribution in [0, 0.1) is 17.8 Å². The second-order valence-electron chi connectivity index (χ2n) is 5.68. The summed E-state index contributed by atoms with van der Waals surface area (Å²) in [5, 5.41) is 6.13. The van der Waals surface area contributed by atoms with Gasteiger partial charge in [-0.2, -0.15) is 0 Å². The Balaban J connectivity index is 2.31. The van der Waals surface area contributed by atoms with Crippen LogP contribution < -0.4 is 10.6 Å². The predicted molar refractivity (Wildman–Crippen MR) is 81.1 cm³/mol. The molecule has 106 valence electrons. The van der Waals surface area contributed by atoms with Crippen LogP contribution in [-0.2, 0) is 4.79 Å². The van der Waals surface area contributed by atoms with E-state index < -0.39 is 0 Å². The fourth-order valence-corrected chi connectivity index (χ4v) is 2.27. The van der Waals surface area contributed by atoms with E-state index in [1.807, 2.05) is 30.3 Å². The van der Waals surface area contributed by atoms with Gasteiger partial charge in [0.25, 0.3) is 0 Å². The zero-order valence-electron chi connectivity index (χ0n) is 12.4. The average Bonchev–Trinajstić information content (AvgIpc) is 2.37. The van der Waals surface area contributed by atoms with Crippen molar-refractivity contribution >= 4 is 11.6 Å². The smallest absolute Gasteiger partial charge is 0.239 e. The summed E-state index contributed by atoms with van der Waals surface area (Å²) in [6.45, 7) is 9.91. The number of nitrogens with one attached hydrogen (secondary N) is 2. The molecular formula is C16H26N2O. The number of rotatable bonds is 7. The number of hydrogen-bond acceptors (Lipinski definition) is 2. The summed E-state index contributed by atoms with van der Waals surface area (Å²) in [6, 6.07) is 9.78. The molecule has 1 amide bonds. The van der Waals surface area contributed by atoms with Crippen LogP contribution in [0.25, 0.3) is 0 Å². The van der Waals surface area contributed by atoms with Gasteiger partial charge >= 0.3 is 0 Å². The van der Waals surface area contributed by atoms with Crippen LogP contribution in [0.15, 0.2) is 30.3 Å². The summed E-state index contributed by atoms with van der Waals surface area (Å²) in [5.74, 6) is 1.75. The lowest BCUT2D eigenvalue weighted by atomic mass is 9.85. The van der Waals surface area contributed by atoms with E-state index in [9.17, 15) is 4.79 Å². The molecule has 0 fully saturated rings. The lowest BCUT2D eigenvalue weighted by Crippen LogP contribution is -2.36. The molecular weight excluding hydrogens is 236 g/mol. The van der Waals surface area contributed by atoms with E-state index in [-0.39, 0.29) is 5.91 Å². The zero-order chi connectivity index (χ0) is 14.3. The Kier molecular flexibility index (Phi) is 6.40. The topological polar surface area (TPSA) is 41.1 Å². The third-order valence-electron chi connectivity index (χ3n) is 3.47. The van der Waals surface area contributed by atoms with E-state index in [2.05, 4.69) is 38.3 Å². The van der Waals surface area contributed by atoms with Crippen molar-refractivity contribution in [3.8, 4) is 0 Å². The van der Waals surface area contributed by atoms with Crippen LogP contribution >= 0.6 is 0 Å². The Hall–Kier alpha value is -1.51. The Bertz CT molecular complexity index is 366. The number of carbonyl (C=O) groups is 1. The number of carbonyl (C=O) groups excluding carboxylic acids is 1. The molecule has 0 aliphatic rings. The van der Waals surface area contributed by atoms with E-state index in [0.29, 0.717) is 24.3 Å². The van der Waals surface area contributed by atoms with Gasteiger partial charge in [0, 0.05) is 12.2 Å². The molecule has 0 bridgehead atoms. The molecule has 1 aromatic rings. The molecule has 3 heteroatoms. The summed E-state index contributed by atoms with van der Waals surface area (Å²) >= 11 is 0. The van der Waals surface area contributed by atoms with Crippen molar-refractivity contribution < 1.29 is 4.79 Å². The molecule has 0 spiro atoms. The Labute approximate surface area is 116 Å². The van der Waals surface area contributed by atoms with Gasteiger partial charge in [-0.1, -0.05) is 45.9 Å². The van der Waals surface area contributed by atoms with Crippen molar-refractivity contribution in [3.63, 3.8) is 0 Å².